The number of aliphatic carboxylic acids is 1. The van der Waals surface area contributed by atoms with Crippen molar-refractivity contribution in [2.45, 2.75) is 26.1 Å². The maximum Gasteiger partial charge on any atom is 0.393 e. The number of carboxylic acids is 1. The summed E-state index contributed by atoms with van der Waals surface area (Å²) in [6, 6.07) is 7.38. The van der Waals surface area contributed by atoms with Crippen molar-refractivity contribution < 1.29 is 27.5 Å². The van der Waals surface area contributed by atoms with Crippen LogP contribution in [0.1, 0.15) is 18.2 Å². The molecule has 1 aromatic heterocycles. The number of alkyl halides is 3. The molecule has 2 aromatic rings. The number of benzene rings is 1. The van der Waals surface area contributed by atoms with E-state index in [0.717, 1.165) is 16.7 Å². The van der Waals surface area contributed by atoms with Crippen LogP contribution in [0.2, 0.25) is 0 Å². The van der Waals surface area contributed by atoms with Gasteiger partial charge in [-0.2, -0.15) is 13.2 Å². The Bertz CT molecular complexity index is 753. The quantitative estimate of drug-likeness (QED) is 0.921. The predicted octanol–water partition coefficient (Wildman–Crippen LogP) is 3.69. The lowest BCUT2D eigenvalue weighted by Gasteiger charge is -2.18. The third-order valence-corrected chi connectivity index (χ3v) is 4.62. The van der Waals surface area contributed by atoms with Gasteiger partial charge in [0, 0.05) is 37.0 Å². The van der Waals surface area contributed by atoms with Crippen LogP contribution in [0.15, 0.2) is 28.7 Å². The lowest BCUT2D eigenvalue weighted by molar-refractivity contribution is -0.188. The van der Waals surface area contributed by atoms with Gasteiger partial charge in [0.05, 0.1) is 11.8 Å². The summed E-state index contributed by atoms with van der Waals surface area (Å²) in [5.41, 5.74) is 1.55. The fourth-order valence-electron chi connectivity index (χ4n) is 3.43. The third-order valence-electron chi connectivity index (χ3n) is 4.62. The molecule has 3 rings (SSSR count). The van der Waals surface area contributed by atoms with Crippen molar-refractivity contribution in [1.82, 2.24) is 4.90 Å². The van der Waals surface area contributed by atoms with Gasteiger partial charge < -0.3 is 9.52 Å². The Morgan fingerprint density at radius 1 is 1.33 bits per heavy atom. The van der Waals surface area contributed by atoms with Crippen LogP contribution in [0.5, 0.6) is 0 Å². The smallest absolute Gasteiger partial charge is 0.393 e. The van der Waals surface area contributed by atoms with Gasteiger partial charge in [0.15, 0.2) is 0 Å². The molecule has 0 bridgehead atoms. The van der Waals surface area contributed by atoms with Gasteiger partial charge in [-0.15, -0.1) is 0 Å². The van der Waals surface area contributed by atoms with E-state index in [2.05, 4.69) is 0 Å². The Balaban J connectivity index is 1.88. The molecule has 1 aliphatic rings. The van der Waals surface area contributed by atoms with Crippen molar-refractivity contribution >= 4 is 16.9 Å². The molecule has 0 spiro atoms. The molecule has 2 heterocycles. The summed E-state index contributed by atoms with van der Waals surface area (Å²) in [6.45, 7) is 1.77. The number of fused-ring (bicyclic) bond motifs is 1. The predicted molar refractivity (Wildman–Crippen MR) is 81.5 cm³/mol. The van der Waals surface area contributed by atoms with E-state index in [1.807, 2.05) is 31.2 Å². The summed E-state index contributed by atoms with van der Waals surface area (Å²) in [7, 11) is 0. The highest BCUT2D eigenvalue weighted by Gasteiger charge is 2.52. The van der Waals surface area contributed by atoms with Crippen LogP contribution < -0.4 is 0 Å². The van der Waals surface area contributed by atoms with E-state index in [4.69, 9.17) is 9.52 Å². The highest BCUT2D eigenvalue weighted by molar-refractivity contribution is 5.82. The highest BCUT2D eigenvalue weighted by atomic mass is 19.4. The van der Waals surface area contributed by atoms with E-state index in [-0.39, 0.29) is 19.6 Å². The van der Waals surface area contributed by atoms with E-state index < -0.39 is 24.0 Å². The number of aryl methyl sites for hydroxylation is 1. The van der Waals surface area contributed by atoms with Gasteiger partial charge in [0.2, 0.25) is 0 Å². The molecule has 1 N–H and O–H groups in total. The molecule has 4 nitrogen and oxygen atoms in total. The van der Waals surface area contributed by atoms with Gasteiger partial charge in [-0.1, -0.05) is 25.1 Å². The summed E-state index contributed by atoms with van der Waals surface area (Å²) in [5.74, 6) is -3.92. The minimum absolute atomic E-state index is 0.109. The average molecular weight is 341 g/mol. The third kappa shape index (κ3) is 3.00. The Kier molecular flexibility index (Phi) is 4.29. The fraction of sp³-hybridized carbons (Fsp3) is 0.471. The van der Waals surface area contributed by atoms with Crippen molar-refractivity contribution in [2.75, 3.05) is 13.1 Å². The standard InChI is InChI=1S/C17H18F3NO3/c1-2-14-11(10-5-3-4-6-15(10)24-14)7-21-8-12(16(22)23)13(9-21)17(18,19)20/h3-6,12-13H,2,7-9H2,1H3,(H,22,23)/t12-,13-/m1/s1. The summed E-state index contributed by atoms with van der Waals surface area (Å²) in [4.78, 5) is 12.8. The molecular weight excluding hydrogens is 323 g/mol. The summed E-state index contributed by atoms with van der Waals surface area (Å²) >= 11 is 0. The molecule has 130 valence electrons. The first-order valence-electron chi connectivity index (χ1n) is 7.82. The first-order valence-corrected chi connectivity index (χ1v) is 7.82. The van der Waals surface area contributed by atoms with Crippen molar-refractivity contribution in [3.8, 4) is 0 Å². The number of rotatable bonds is 4. The first kappa shape index (κ1) is 16.8. The topological polar surface area (TPSA) is 53.7 Å². The lowest BCUT2D eigenvalue weighted by atomic mass is 9.96. The van der Waals surface area contributed by atoms with E-state index >= 15 is 0 Å². The first-order chi connectivity index (χ1) is 11.3. The van der Waals surface area contributed by atoms with E-state index in [0.29, 0.717) is 12.0 Å². The average Bonchev–Trinajstić information content (AvgIpc) is 3.09. The number of carboxylic acid groups (broad SMARTS) is 1. The van der Waals surface area contributed by atoms with Crippen LogP contribution in [-0.2, 0) is 17.8 Å². The zero-order chi connectivity index (χ0) is 17.5. The number of likely N-dealkylation sites (tertiary alicyclic amines) is 1. The minimum atomic E-state index is -4.51. The zero-order valence-corrected chi connectivity index (χ0v) is 13.1. The Hall–Kier alpha value is -2.02. The maximum absolute atomic E-state index is 13.1. The van der Waals surface area contributed by atoms with Gasteiger partial charge in [-0.25, -0.2) is 0 Å². The van der Waals surface area contributed by atoms with Gasteiger partial charge >= 0.3 is 12.1 Å². The number of nitrogens with zero attached hydrogens (tertiary/aromatic N) is 1. The van der Waals surface area contributed by atoms with Crippen LogP contribution in [0.4, 0.5) is 13.2 Å². The number of carbonyl (C=O) groups is 1. The van der Waals surface area contributed by atoms with Crippen molar-refractivity contribution in [1.29, 1.82) is 0 Å². The number of hydrogen-bond donors (Lipinski definition) is 1. The van der Waals surface area contributed by atoms with E-state index in [9.17, 15) is 18.0 Å². The Labute approximate surface area is 136 Å². The zero-order valence-electron chi connectivity index (χ0n) is 13.1. The van der Waals surface area contributed by atoms with Gasteiger partial charge in [0.25, 0.3) is 0 Å². The maximum atomic E-state index is 13.1. The molecule has 0 radical (unpaired) electrons. The number of para-hydroxylation sites is 1. The van der Waals surface area contributed by atoms with Crippen LogP contribution >= 0.6 is 0 Å². The Morgan fingerprint density at radius 2 is 2.04 bits per heavy atom. The molecule has 1 saturated heterocycles. The van der Waals surface area contributed by atoms with Gasteiger partial charge in [0.1, 0.15) is 11.3 Å². The normalized spacial score (nSPS) is 22.3. The molecule has 1 aliphatic heterocycles. The van der Waals surface area contributed by atoms with Crippen molar-refractivity contribution in [3.63, 3.8) is 0 Å². The second kappa shape index (κ2) is 6.12. The lowest BCUT2D eigenvalue weighted by Crippen LogP contribution is -2.33. The molecule has 0 saturated carbocycles. The molecule has 0 unspecified atom stereocenters. The second-order valence-electron chi connectivity index (χ2n) is 6.14. The van der Waals surface area contributed by atoms with Crippen molar-refractivity contribution in [2.24, 2.45) is 11.8 Å². The molecule has 1 aromatic carbocycles. The van der Waals surface area contributed by atoms with Crippen molar-refractivity contribution in [3.05, 3.63) is 35.6 Å². The number of hydrogen-bond acceptors (Lipinski definition) is 3. The highest BCUT2D eigenvalue weighted by Crippen LogP contribution is 2.39. The SMILES string of the molecule is CCc1oc2ccccc2c1CN1C[C@@H](C(F)(F)F)[C@H](C(=O)O)C1. The Morgan fingerprint density at radius 3 is 2.62 bits per heavy atom. The van der Waals surface area contributed by atoms with Crippen LogP contribution in [0.3, 0.4) is 0 Å². The van der Waals surface area contributed by atoms with Gasteiger partial charge in [-0.3, -0.25) is 9.69 Å². The summed E-state index contributed by atoms with van der Waals surface area (Å²) < 4.78 is 45.1. The molecule has 7 heteroatoms. The molecule has 24 heavy (non-hydrogen) atoms. The fourth-order valence-corrected chi connectivity index (χ4v) is 3.43. The molecule has 2 atom stereocenters. The van der Waals surface area contributed by atoms with Gasteiger partial charge in [-0.05, 0) is 6.07 Å². The van der Waals surface area contributed by atoms with E-state index in [1.165, 1.54) is 0 Å². The second-order valence-corrected chi connectivity index (χ2v) is 6.14. The molecule has 0 amide bonds. The largest absolute Gasteiger partial charge is 0.481 e. The number of furan rings is 1. The summed E-state index contributed by atoms with van der Waals surface area (Å²) in [6.07, 6.45) is -3.88. The molecule has 0 aliphatic carbocycles. The summed E-state index contributed by atoms with van der Waals surface area (Å²) in [5, 5.41) is 9.99. The van der Waals surface area contributed by atoms with Crippen LogP contribution in [-0.4, -0.2) is 35.2 Å². The van der Waals surface area contributed by atoms with E-state index in [1.54, 1.807) is 4.90 Å². The van der Waals surface area contributed by atoms with Crippen LogP contribution in [0, 0.1) is 11.8 Å². The molecule has 1 fully saturated rings. The van der Waals surface area contributed by atoms with Crippen LogP contribution in [0.25, 0.3) is 11.0 Å². The molecular formula is C17H18F3NO3. The monoisotopic (exact) mass is 341 g/mol. The number of halogens is 3. The minimum Gasteiger partial charge on any atom is -0.481 e.